The second kappa shape index (κ2) is 9.93. The number of likely N-dealkylation sites (tertiary alicyclic amines) is 1. The quantitative estimate of drug-likeness (QED) is 0.318. The van der Waals surface area contributed by atoms with E-state index >= 15 is 4.39 Å². The molecule has 1 aromatic heterocycles. The first-order chi connectivity index (χ1) is 18.1. The smallest absolute Gasteiger partial charge is 0.408 e. The highest BCUT2D eigenvalue weighted by molar-refractivity contribution is 5.98. The van der Waals surface area contributed by atoms with Crippen molar-refractivity contribution < 1.29 is 27.5 Å². The van der Waals surface area contributed by atoms with Gasteiger partial charge in [0.1, 0.15) is 28.9 Å². The summed E-state index contributed by atoms with van der Waals surface area (Å²) in [6.07, 6.45) is -1.58. The van der Waals surface area contributed by atoms with E-state index in [0.29, 0.717) is 22.5 Å². The Morgan fingerprint density at radius 3 is 2.39 bits per heavy atom. The minimum atomic E-state index is -1.02. The normalized spacial score (nSPS) is 13.9. The monoisotopic (exact) mass is 518 g/mol. The third-order valence-electron chi connectivity index (χ3n) is 6.21. The number of alkyl carbamates (subject to hydrolysis) is 1. The number of alkyl halides is 1. The van der Waals surface area contributed by atoms with E-state index in [4.69, 9.17) is 9.15 Å². The lowest BCUT2D eigenvalue weighted by atomic mass is 9.95. The maximum atomic E-state index is 15.3. The summed E-state index contributed by atoms with van der Waals surface area (Å²) >= 11 is 0. The molecule has 0 saturated carbocycles. The van der Waals surface area contributed by atoms with Crippen molar-refractivity contribution in [2.75, 3.05) is 13.1 Å². The molecule has 1 aliphatic heterocycles. The van der Waals surface area contributed by atoms with Crippen molar-refractivity contribution in [1.29, 1.82) is 0 Å². The largest absolute Gasteiger partial charge is 0.459 e. The number of hydrogen-bond donors (Lipinski definition) is 1. The van der Waals surface area contributed by atoms with Crippen LogP contribution in [0.3, 0.4) is 0 Å². The van der Waals surface area contributed by atoms with Crippen molar-refractivity contribution in [3.8, 4) is 22.3 Å². The van der Waals surface area contributed by atoms with Gasteiger partial charge in [0.15, 0.2) is 0 Å². The number of fused-ring (bicyclic) bond motifs is 1. The van der Waals surface area contributed by atoms with Crippen LogP contribution in [-0.2, 0) is 11.3 Å². The maximum Gasteiger partial charge on any atom is 0.408 e. The summed E-state index contributed by atoms with van der Waals surface area (Å²) in [5.74, 6) is -0.425. The van der Waals surface area contributed by atoms with E-state index < -0.39 is 23.7 Å². The molecule has 1 aliphatic rings. The fraction of sp³-hybridized carbons (Fsp3) is 0.267. The van der Waals surface area contributed by atoms with Gasteiger partial charge in [-0.05, 0) is 62.2 Å². The van der Waals surface area contributed by atoms with Gasteiger partial charge in [-0.15, -0.1) is 0 Å². The van der Waals surface area contributed by atoms with Gasteiger partial charge in [-0.2, -0.15) is 0 Å². The second-order valence-electron chi connectivity index (χ2n) is 10.4. The maximum absolute atomic E-state index is 15.3. The summed E-state index contributed by atoms with van der Waals surface area (Å²) in [4.78, 5) is 26.0. The Bertz CT molecular complexity index is 1500. The Hall–Kier alpha value is -4.20. The van der Waals surface area contributed by atoms with Crippen molar-refractivity contribution in [2.45, 2.75) is 39.1 Å². The minimum absolute atomic E-state index is 0.0327. The molecule has 0 atom stereocenters. The van der Waals surface area contributed by atoms with E-state index in [0.717, 1.165) is 16.5 Å². The average molecular weight is 519 g/mol. The second-order valence-corrected chi connectivity index (χ2v) is 10.4. The molecule has 6 nitrogen and oxygen atoms in total. The van der Waals surface area contributed by atoms with Crippen LogP contribution in [0.5, 0.6) is 0 Å². The Morgan fingerprint density at radius 2 is 1.74 bits per heavy atom. The fourth-order valence-corrected chi connectivity index (χ4v) is 4.41. The number of nitrogens with one attached hydrogen (secondary N) is 1. The van der Waals surface area contributed by atoms with Crippen molar-refractivity contribution in [2.24, 2.45) is 0 Å². The van der Waals surface area contributed by atoms with Crippen LogP contribution in [0, 0.1) is 5.82 Å². The number of carbonyl (C=O) groups is 2. The van der Waals surface area contributed by atoms with Gasteiger partial charge in [0, 0.05) is 22.1 Å². The molecular weight excluding hydrogens is 490 g/mol. The van der Waals surface area contributed by atoms with Crippen LogP contribution in [0.15, 0.2) is 71.1 Å². The Morgan fingerprint density at radius 1 is 1.00 bits per heavy atom. The molecule has 1 N–H and O–H groups in total. The van der Waals surface area contributed by atoms with Gasteiger partial charge >= 0.3 is 6.09 Å². The van der Waals surface area contributed by atoms with Crippen LogP contribution in [-0.4, -0.2) is 41.8 Å². The van der Waals surface area contributed by atoms with Gasteiger partial charge in [-0.25, -0.2) is 13.6 Å². The lowest BCUT2D eigenvalue weighted by Crippen LogP contribution is -2.51. The molecule has 2 amide bonds. The van der Waals surface area contributed by atoms with Gasteiger partial charge in [-0.1, -0.05) is 36.4 Å². The molecule has 3 aromatic carbocycles. The zero-order valence-corrected chi connectivity index (χ0v) is 21.4. The molecule has 4 aromatic rings. The predicted molar refractivity (Wildman–Crippen MR) is 141 cm³/mol. The Kier molecular flexibility index (Phi) is 6.65. The van der Waals surface area contributed by atoms with Gasteiger partial charge in [0.05, 0.1) is 19.6 Å². The number of ether oxygens (including phenoxy) is 1. The number of rotatable bonds is 5. The van der Waals surface area contributed by atoms with Crippen LogP contribution < -0.4 is 5.32 Å². The standard InChI is InChI=1S/C30H28F2N2O4/c1-30(2,3)38-29(36)33-15-23-12-21-11-20(13-25(27(21)37-23)18-7-5-4-6-8-18)24-10-9-19(14-26(24)32)28(35)34-16-22(31)17-34/h4-14,22H,15-17H2,1-3H3,(H,33,36). The summed E-state index contributed by atoms with van der Waals surface area (Å²) in [7, 11) is 0. The summed E-state index contributed by atoms with van der Waals surface area (Å²) in [5.41, 5.74) is 2.73. The highest BCUT2D eigenvalue weighted by Gasteiger charge is 2.31. The molecule has 0 aliphatic carbocycles. The third-order valence-corrected chi connectivity index (χ3v) is 6.21. The summed E-state index contributed by atoms with van der Waals surface area (Å²) in [6, 6.07) is 19.4. The van der Waals surface area contributed by atoms with E-state index in [2.05, 4.69) is 5.32 Å². The van der Waals surface area contributed by atoms with Crippen molar-refractivity contribution >= 4 is 23.0 Å². The van der Waals surface area contributed by atoms with Crippen LogP contribution in [0.2, 0.25) is 0 Å². The number of benzene rings is 3. The Labute approximate surface area is 219 Å². The van der Waals surface area contributed by atoms with E-state index in [1.54, 1.807) is 39.0 Å². The van der Waals surface area contributed by atoms with Crippen LogP contribution in [0.4, 0.5) is 13.6 Å². The van der Waals surface area contributed by atoms with Crippen molar-refractivity contribution in [3.05, 3.63) is 83.9 Å². The topological polar surface area (TPSA) is 71.8 Å². The van der Waals surface area contributed by atoms with E-state index in [1.807, 2.05) is 42.5 Å². The SMILES string of the molecule is CC(C)(C)OC(=O)NCc1cc2cc(-c3ccc(C(=O)N4CC(F)C4)cc3F)cc(-c3ccccc3)c2o1. The number of halogens is 2. The Balaban J connectivity index is 1.49. The first kappa shape index (κ1) is 25.4. The lowest BCUT2D eigenvalue weighted by molar-refractivity contribution is 0.0399. The number of furan rings is 1. The average Bonchev–Trinajstić information content (AvgIpc) is 3.27. The fourth-order valence-electron chi connectivity index (χ4n) is 4.41. The molecule has 5 rings (SSSR count). The first-order valence-electron chi connectivity index (χ1n) is 12.4. The van der Waals surface area contributed by atoms with Crippen LogP contribution >= 0.6 is 0 Å². The molecule has 0 unspecified atom stereocenters. The van der Waals surface area contributed by atoms with Crippen LogP contribution in [0.25, 0.3) is 33.2 Å². The molecule has 0 bridgehead atoms. The first-order valence-corrected chi connectivity index (χ1v) is 12.4. The highest BCUT2D eigenvalue weighted by Crippen LogP contribution is 2.37. The molecule has 2 heterocycles. The summed E-state index contributed by atoms with van der Waals surface area (Å²) in [5, 5.41) is 3.43. The molecule has 0 radical (unpaired) electrons. The van der Waals surface area contributed by atoms with Crippen molar-refractivity contribution in [1.82, 2.24) is 10.2 Å². The zero-order chi connectivity index (χ0) is 27.0. The van der Waals surface area contributed by atoms with E-state index in [-0.39, 0.29) is 31.1 Å². The summed E-state index contributed by atoms with van der Waals surface area (Å²) < 4.78 is 39.9. The number of carbonyl (C=O) groups excluding carboxylic acids is 2. The van der Waals surface area contributed by atoms with Crippen LogP contribution in [0.1, 0.15) is 36.9 Å². The molecule has 196 valence electrons. The lowest BCUT2D eigenvalue weighted by Gasteiger charge is -2.34. The third kappa shape index (κ3) is 5.39. The van der Waals surface area contributed by atoms with Gasteiger partial charge in [-0.3, -0.25) is 4.79 Å². The van der Waals surface area contributed by atoms with Gasteiger partial charge < -0.3 is 19.4 Å². The molecule has 1 fully saturated rings. The van der Waals surface area contributed by atoms with E-state index in [9.17, 15) is 14.0 Å². The highest BCUT2D eigenvalue weighted by atomic mass is 19.1. The van der Waals surface area contributed by atoms with Crippen molar-refractivity contribution in [3.63, 3.8) is 0 Å². The van der Waals surface area contributed by atoms with Gasteiger partial charge in [0.25, 0.3) is 5.91 Å². The minimum Gasteiger partial charge on any atom is -0.459 e. The number of nitrogens with zero attached hydrogens (tertiary/aromatic N) is 1. The number of amides is 2. The molecule has 38 heavy (non-hydrogen) atoms. The zero-order valence-electron chi connectivity index (χ0n) is 21.4. The molecule has 1 saturated heterocycles. The number of hydrogen-bond acceptors (Lipinski definition) is 4. The molecule has 8 heteroatoms. The van der Waals surface area contributed by atoms with Gasteiger partial charge in [0.2, 0.25) is 0 Å². The summed E-state index contributed by atoms with van der Waals surface area (Å²) in [6.45, 7) is 5.54. The molecule has 0 spiro atoms. The van der Waals surface area contributed by atoms with E-state index in [1.165, 1.54) is 11.0 Å². The molecular formula is C30H28F2N2O4. The predicted octanol–water partition coefficient (Wildman–Crippen LogP) is 6.72.